The molecule has 1 aliphatic carbocycles. The zero-order valence-electron chi connectivity index (χ0n) is 15.7. The minimum Gasteiger partial charge on any atom is -0.481 e. The van der Waals surface area contributed by atoms with Crippen molar-refractivity contribution in [2.45, 2.75) is 44.1 Å². The fraction of sp³-hybridized carbons (Fsp3) is 0.824. The molecule has 7 nitrogen and oxygen atoms in total. The van der Waals surface area contributed by atoms with Crippen molar-refractivity contribution in [1.29, 1.82) is 0 Å². The molecule has 2 atom stereocenters. The zero-order chi connectivity index (χ0) is 20.4. The molecule has 27 heavy (non-hydrogen) atoms. The minimum absolute atomic E-state index is 0.0847. The van der Waals surface area contributed by atoms with Crippen molar-refractivity contribution >= 4 is 25.8 Å². The van der Waals surface area contributed by atoms with Crippen LogP contribution < -0.4 is 5.23 Å². The van der Waals surface area contributed by atoms with Gasteiger partial charge in [-0.1, -0.05) is 0 Å². The number of nitrogens with zero attached hydrogens (tertiary/aromatic N) is 2. The molecule has 150 valence electrons. The van der Waals surface area contributed by atoms with Gasteiger partial charge in [-0.25, -0.2) is 8.78 Å². The summed E-state index contributed by atoms with van der Waals surface area (Å²) in [5, 5.41) is 11.5. The van der Waals surface area contributed by atoms with Gasteiger partial charge in [0, 0.05) is 27.1 Å². The van der Waals surface area contributed by atoms with Crippen LogP contribution in [0.25, 0.3) is 0 Å². The van der Waals surface area contributed by atoms with Crippen LogP contribution >= 0.6 is 0 Å². The first-order valence-corrected chi connectivity index (χ1v) is 9.14. The van der Waals surface area contributed by atoms with Gasteiger partial charge in [0.1, 0.15) is 0 Å². The van der Waals surface area contributed by atoms with Gasteiger partial charge in [-0.3, -0.25) is 14.4 Å². The first-order chi connectivity index (χ1) is 12.6. The van der Waals surface area contributed by atoms with E-state index in [9.17, 15) is 23.2 Å². The molecule has 0 aromatic rings. The van der Waals surface area contributed by atoms with Crippen LogP contribution in [0.3, 0.4) is 0 Å². The highest BCUT2D eigenvalue weighted by Gasteiger charge is 2.46. The average Bonchev–Trinajstić information content (AvgIpc) is 2.98. The van der Waals surface area contributed by atoms with Crippen LogP contribution in [0.4, 0.5) is 8.78 Å². The molecule has 1 saturated carbocycles. The predicted octanol–water partition coefficient (Wildman–Crippen LogP) is 0.491. The molecule has 0 spiro atoms. The highest BCUT2D eigenvalue weighted by Crippen LogP contribution is 2.37. The number of carbonyl (C=O) groups is 3. The second-order valence-electron chi connectivity index (χ2n) is 7.72. The molecule has 10 heteroatoms. The first kappa shape index (κ1) is 21.6. The number of halogens is 2. The minimum atomic E-state index is -2.94. The van der Waals surface area contributed by atoms with Crippen LogP contribution in [-0.4, -0.2) is 79.8 Å². The Labute approximate surface area is 158 Å². The van der Waals surface area contributed by atoms with Crippen molar-refractivity contribution < 1.29 is 28.3 Å². The third-order valence-electron chi connectivity index (χ3n) is 5.64. The predicted molar refractivity (Wildman–Crippen MR) is 94.1 cm³/mol. The number of hydrogen-bond donors (Lipinski definition) is 2. The fourth-order valence-corrected chi connectivity index (χ4v) is 4.09. The van der Waals surface area contributed by atoms with Crippen LogP contribution in [0.15, 0.2) is 0 Å². The summed E-state index contributed by atoms with van der Waals surface area (Å²) in [6, 6.07) is -1.12. The number of rotatable bonds is 6. The molecule has 0 bridgehead atoms. The molecule has 2 rings (SSSR count). The Morgan fingerprint density at radius 2 is 1.81 bits per heavy atom. The standard InChI is InChI=1S/C17H26BF2N3O4/c1-22(2)14(24)12(10-3-5-11(6-4-10)16(26)27)13(21-18)15(25)23-8-7-17(19,20)9-23/h10-13,21H,3-9H2,1-2H3,(H,26,27)/t10?,11?,12-,13?/m0/s1. The highest BCUT2D eigenvalue weighted by molar-refractivity contribution is 6.07. The van der Waals surface area contributed by atoms with Crippen molar-refractivity contribution in [1.82, 2.24) is 15.0 Å². The summed E-state index contributed by atoms with van der Waals surface area (Å²) < 4.78 is 27.0. The first-order valence-electron chi connectivity index (χ1n) is 9.14. The smallest absolute Gasteiger partial charge is 0.306 e. The molecule has 1 aliphatic heterocycles. The quantitative estimate of drug-likeness (QED) is 0.650. The third-order valence-corrected chi connectivity index (χ3v) is 5.64. The van der Waals surface area contributed by atoms with E-state index in [4.69, 9.17) is 13.1 Å². The van der Waals surface area contributed by atoms with Crippen molar-refractivity contribution in [3.05, 3.63) is 0 Å². The Morgan fingerprint density at radius 3 is 2.22 bits per heavy atom. The van der Waals surface area contributed by atoms with Gasteiger partial charge in [0.25, 0.3) is 5.92 Å². The van der Waals surface area contributed by atoms with Gasteiger partial charge in [-0.15, -0.1) is 0 Å². The summed E-state index contributed by atoms with van der Waals surface area (Å²) in [7, 11) is 8.69. The molecular weight excluding hydrogens is 359 g/mol. The highest BCUT2D eigenvalue weighted by atomic mass is 19.3. The number of alkyl halides is 2. The lowest BCUT2D eigenvalue weighted by Gasteiger charge is -2.38. The summed E-state index contributed by atoms with van der Waals surface area (Å²) >= 11 is 0. The van der Waals surface area contributed by atoms with E-state index in [2.05, 4.69) is 5.23 Å². The van der Waals surface area contributed by atoms with Crippen molar-refractivity contribution in [2.75, 3.05) is 27.2 Å². The maximum Gasteiger partial charge on any atom is 0.306 e. The maximum atomic E-state index is 13.5. The van der Waals surface area contributed by atoms with Crippen molar-refractivity contribution in [3.63, 3.8) is 0 Å². The van der Waals surface area contributed by atoms with Crippen molar-refractivity contribution in [3.8, 4) is 0 Å². The van der Waals surface area contributed by atoms with Crippen LogP contribution in [0.2, 0.25) is 0 Å². The van der Waals surface area contributed by atoms with E-state index >= 15 is 0 Å². The van der Waals surface area contributed by atoms with Gasteiger partial charge in [0.2, 0.25) is 11.8 Å². The number of aliphatic carboxylic acids is 1. The van der Waals surface area contributed by atoms with E-state index in [-0.39, 0.29) is 18.4 Å². The summed E-state index contributed by atoms with van der Waals surface area (Å²) in [5.41, 5.74) is 0. The molecule has 2 N–H and O–H groups in total. The molecule has 1 heterocycles. The maximum absolute atomic E-state index is 13.5. The number of carbonyl (C=O) groups excluding carboxylic acids is 2. The number of carboxylic acid groups (broad SMARTS) is 1. The van der Waals surface area contributed by atoms with E-state index in [1.807, 2.05) is 0 Å². The zero-order valence-corrected chi connectivity index (χ0v) is 15.7. The number of amides is 2. The van der Waals surface area contributed by atoms with Gasteiger partial charge in [0.05, 0.1) is 24.4 Å². The van der Waals surface area contributed by atoms with E-state index in [1.54, 1.807) is 14.1 Å². The number of nitrogens with one attached hydrogen (secondary N) is 1. The number of likely N-dealkylation sites (tertiary alicyclic amines) is 1. The van der Waals surface area contributed by atoms with Crippen molar-refractivity contribution in [2.24, 2.45) is 17.8 Å². The van der Waals surface area contributed by atoms with Gasteiger partial charge < -0.3 is 20.1 Å². The Morgan fingerprint density at radius 1 is 1.22 bits per heavy atom. The lowest BCUT2D eigenvalue weighted by atomic mass is 9.72. The molecule has 1 unspecified atom stereocenters. The topological polar surface area (TPSA) is 90.0 Å². The summed E-state index contributed by atoms with van der Waals surface area (Å²) in [4.78, 5) is 39.2. The van der Waals surface area contributed by atoms with Gasteiger partial charge >= 0.3 is 5.97 Å². The number of hydrogen-bond acceptors (Lipinski definition) is 4. The van der Waals surface area contributed by atoms with E-state index in [1.165, 1.54) is 4.90 Å². The Balaban J connectivity index is 2.20. The lowest BCUT2D eigenvalue weighted by Crippen LogP contribution is -2.56. The summed E-state index contributed by atoms with van der Waals surface area (Å²) in [6.07, 6.45) is 1.33. The van der Waals surface area contributed by atoms with E-state index < -0.39 is 48.6 Å². The molecule has 2 radical (unpaired) electrons. The molecule has 0 aromatic heterocycles. The number of carboxylic acids is 1. The Kier molecular flexibility index (Phi) is 6.83. The second-order valence-corrected chi connectivity index (χ2v) is 7.72. The summed E-state index contributed by atoms with van der Waals surface area (Å²) in [5.74, 6) is -6.28. The lowest BCUT2D eigenvalue weighted by molar-refractivity contribution is -0.146. The van der Waals surface area contributed by atoms with Crippen LogP contribution in [0, 0.1) is 17.8 Å². The van der Waals surface area contributed by atoms with E-state index in [0.29, 0.717) is 25.7 Å². The second kappa shape index (κ2) is 8.54. The molecule has 0 aromatic carbocycles. The average molecular weight is 385 g/mol. The monoisotopic (exact) mass is 385 g/mol. The fourth-order valence-electron chi connectivity index (χ4n) is 4.09. The largest absolute Gasteiger partial charge is 0.481 e. The van der Waals surface area contributed by atoms with E-state index in [0.717, 1.165) is 4.90 Å². The normalized spacial score (nSPS) is 27.0. The molecule has 2 amide bonds. The van der Waals surface area contributed by atoms with Gasteiger partial charge in [-0.2, -0.15) is 0 Å². The van der Waals surface area contributed by atoms with Crippen LogP contribution in [0.5, 0.6) is 0 Å². The van der Waals surface area contributed by atoms with Crippen LogP contribution in [0.1, 0.15) is 32.1 Å². The molecule has 2 aliphatic rings. The third kappa shape index (κ3) is 4.97. The molecular formula is C17H26BF2N3O4. The van der Waals surface area contributed by atoms with Crippen LogP contribution in [-0.2, 0) is 14.4 Å². The Hall–Kier alpha value is -1.71. The van der Waals surface area contributed by atoms with Gasteiger partial charge in [-0.05, 0) is 31.6 Å². The van der Waals surface area contributed by atoms with Gasteiger partial charge in [0.15, 0.2) is 7.98 Å². The molecule has 1 saturated heterocycles. The Bertz CT molecular complexity index is 583. The summed E-state index contributed by atoms with van der Waals surface area (Å²) in [6.45, 7) is -0.767. The SMILES string of the molecule is [B]NC(C(=O)N1CCC(F)(F)C1)[C@@H](C(=O)N(C)C)C1CCC(C(=O)O)CC1. The molecule has 2 fully saturated rings.